The summed E-state index contributed by atoms with van der Waals surface area (Å²) in [6.07, 6.45) is -0.404. The molecule has 3 rings (SSSR count). The normalized spacial score (nSPS) is 12.6. The quantitative estimate of drug-likeness (QED) is 0.123. The van der Waals surface area contributed by atoms with Gasteiger partial charge in [-0.2, -0.15) is 12.2 Å². The van der Waals surface area contributed by atoms with E-state index in [0.29, 0.717) is 16.2 Å². The van der Waals surface area contributed by atoms with Gasteiger partial charge in [0.2, 0.25) is 0 Å². The Morgan fingerprint density at radius 2 is 1.89 bits per heavy atom. The molecule has 183 valence electrons. The van der Waals surface area contributed by atoms with Crippen molar-refractivity contribution in [1.29, 1.82) is 0 Å². The molecule has 16 heteroatoms. The van der Waals surface area contributed by atoms with Gasteiger partial charge in [-0.15, -0.1) is 0 Å². The third kappa shape index (κ3) is 8.55. The smallest absolute Gasteiger partial charge is 0.507 e. The first-order chi connectivity index (χ1) is 16.2. The number of carboxylic acid groups (broad SMARTS) is 1. The van der Waals surface area contributed by atoms with E-state index >= 15 is 0 Å². The second-order valence-electron chi connectivity index (χ2n) is 6.13. The average molecular weight is 566 g/mol. The van der Waals surface area contributed by atoms with Crippen molar-refractivity contribution in [2.24, 2.45) is 5.10 Å². The van der Waals surface area contributed by atoms with Crippen LogP contribution >= 0.6 is 0 Å². The number of imide groups is 1. The van der Waals surface area contributed by atoms with Gasteiger partial charge in [0, 0.05) is 50.4 Å². The SMILES string of the molecule is O=C(O)OCN1C(=O)CN(/N=C/c2ccc(-c3ccc([N+](=O)[O-])cc3)o2)C1=O.[CH2-]OC(=O)CO.[Y]. The molecule has 3 amide bonds. The topological polar surface area (TPSA) is 202 Å². The van der Waals surface area contributed by atoms with Crippen LogP contribution in [-0.2, 0) is 51.8 Å². The number of benzene rings is 1. The number of aliphatic hydroxyl groups is 1. The molecular weight excluding hydrogens is 549 g/mol. The first kappa shape index (κ1) is 29.3. The number of nitro benzene ring substituents is 1. The summed E-state index contributed by atoms with van der Waals surface area (Å²) in [4.78, 5) is 54.5. The van der Waals surface area contributed by atoms with Crippen LogP contribution in [0.5, 0.6) is 0 Å². The molecule has 2 N–H and O–H groups in total. The fourth-order valence-corrected chi connectivity index (χ4v) is 2.36. The zero-order valence-electron chi connectivity index (χ0n) is 17.8. The second-order valence-corrected chi connectivity index (χ2v) is 6.13. The molecule has 2 aromatic rings. The molecule has 0 unspecified atom stereocenters. The van der Waals surface area contributed by atoms with Gasteiger partial charge >= 0.3 is 12.2 Å². The monoisotopic (exact) mass is 566 g/mol. The van der Waals surface area contributed by atoms with E-state index in [2.05, 4.69) is 21.7 Å². The Morgan fingerprint density at radius 1 is 1.23 bits per heavy atom. The number of carbonyl (C=O) groups is 4. The molecule has 0 saturated carbocycles. The molecule has 1 aliphatic rings. The minimum Gasteiger partial charge on any atom is -0.638 e. The summed E-state index contributed by atoms with van der Waals surface area (Å²) >= 11 is 0. The minimum absolute atomic E-state index is 0. The standard InChI is InChI=1S/C16H12N4O8.C3H5O3.Y/c21-14-8-19(15(22)18(14)9-27-16(23)24)17-7-12-5-6-13(28-12)10-1-3-11(4-2-10)20(25)26;1-6-3(5)2-4;/h1-7H,8-9H2,(H,23,24);4H,1-2H2;/q;-1;/b17-7+;;. The summed E-state index contributed by atoms with van der Waals surface area (Å²) < 4.78 is 13.5. The van der Waals surface area contributed by atoms with Gasteiger partial charge in [0.15, 0.2) is 6.73 Å². The number of carbonyl (C=O) groups excluding carboxylic acids is 3. The van der Waals surface area contributed by atoms with Crippen LogP contribution in [0.25, 0.3) is 11.3 Å². The van der Waals surface area contributed by atoms with Crippen molar-refractivity contribution in [3.8, 4) is 11.3 Å². The molecule has 1 aliphatic heterocycles. The van der Waals surface area contributed by atoms with Crippen molar-refractivity contribution in [3.05, 3.63) is 59.4 Å². The van der Waals surface area contributed by atoms with Crippen molar-refractivity contribution >= 4 is 36.0 Å². The van der Waals surface area contributed by atoms with Gasteiger partial charge in [-0.05, 0) is 24.3 Å². The number of ether oxygens (including phenoxy) is 2. The zero-order valence-corrected chi connectivity index (χ0v) is 20.6. The van der Waals surface area contributed by atoms with E-state index in [-0.39, 0.29) is 50.7 Å². The fraction of sp³-hybridized carbons (Fsp3) is 0.158. The Hall–Kier alpha value is -3.69. The first-order valence-electron chi connectivity index (χ1n) is 9.08. The molecule has 2 heterocycles. The zero-order chi connectivity index (χ0) is 25.3. The summed E-state index contributed by atoms with van der Waals surface area (Å²) in [7, 11) is 2.75. The maximum absolute atomic E-state index is 12.0. The summed E-state index contributed by atoms with van der Waals surface area (Å²) in [5.41, 5.74) is 0.556. The van der Waals surface area contributed by atoms with Crippen molar-refractivity contribution < 1.29 is 80.9 Å². The summed E-state index contributed by atoms with van der Waals surface area (Å²) in [6, 6.07) is 8.09. The van der Waals surface area contributed by atoms with Crippen LogP contribution in [-0.4, -0.2) is 75.2 Å². The van der Waals surface area contributed by atoms with Crippen LogP contribution in [0.1, 0.15) is 5.76 Å². The van der Waals surface area contributed by atoms with Gasteiger partial charge in [0.05, 0.1) is 11.1 Å². The van der Waals surface area contributed by atoms with E-state index in [4.69, 9.17) is 14.6 Å². The number of rotatable bonds is 7. The van der Waals surface area contributed by atoms with E-state index in [0.717, 1.165) is 5.01 Å². The maximum Gasteiger partial charge on any atom is 0.507 e. The molecule has 1 fully saturated rings. The van der Waals surface area contributed by atoms with Crippen LogP contribution < -0.4 is 0 Å². The van der Waals surface area contributed by atoms with Crippen molar-refractivity contribution in [2.45, 2.75) is 0 Å². The van der Waals surface area contributed by atoms with Crippen molar-refractivity contribution in [2.75, 3.05) is 19.9 Å². The third-order valence-electron chi connectivity index (χ3n) is 3.96. The van der Waals surface area contributed by atoms with Gasteiger partial charge in [-0.1, -0.05) is 0 Å². The molecule has 1 aromatic heterocycles. The maximum atomic E-state index is 12.0. The Bertz CT molecular complexity index is 1090. The van der Waals surface area contributed by atoms with Gasteiger partial charge in [0.1, 0.15) is 24.7 Å². The minimum atomic E-state index is -1.61. The van der Waals surface area contributed by atoms with Crippen molar-refractivity contribution in [1.82, 2.24) is 9.91 Å². The number of hydrazone groups is 1. The number of furan rings is 1. The Morgan fingerprint density at radius 3 is 2.40 bits per heavy atom. The van der Waals surface area contributed by atoms with E-state index in [1.54, 1.807) is 12.1 Å². The number of hydrogen-bond donors (Lipinski definition) is 2. The van der Waals surface area contributed by atoms with Gasteiger partial charge in [-0.25, -0.2) is 19.5 Å². The predicted molar refractivity (Wildman–Crippen MR) is 110 cm³/mol. The second kappa shape index (κ2) is 13.9. The summed E-state index contributed by atoms with van der Waals surface area (Å²) in [6.45, 7) is -1.68. The van der Waals surface area contributed by atoms with Gasteiger partial charge in [-0.3, -0.25) is 19.7 Å². The van der Waals surface area contributed by atoms with Gasteiger partial charge < -0.3 is 24.1 Å². The number of non-ortho nitro benzene ring substituents is 1. The molecule has 1 radical (unpaired) electrons. The molecule has 1 saturated heterocycles. The fourth-order valence-electron chi connectivity index (χ4n) is 2.36. The Labute approximate surface area is 221 Å². The van der Waals surface area contributed by atoms with Crippen molar-refractivity contribution in [3.63, 3.8) is 0 Å². The average Bonchev–Trinajstić information content (AvgIpc) is 3.40. The van der Waals surface area contributed by atoms with Crippen LogP contribution in [0, 0.1) is 17.2 Å². The largest absolute Gasteiger partial charge is 0.638 e. The molecule has 15 nitrogen and oxygen atoms in total. The number of aliphatic hydroxyl groups excluding tert-OH is 1. The number of nitro groups is 1. The third-order valence-corrected chi connectivity index (χ3v) is 3.96. The molecule has 1 aromatic carbocycles. The van der Waals surface area contributed by atoms with Crippen LogP contribution in [0.3, 0.4) is 0 Å². The number of esters is 1. The van der Waals surface area contributed by atoms with Crippen LogP contribution in [0.4, 0.5) is 15.3 Å². The molecule has 0 aliphatic carbocycles. The Kier molecular flexibility index (Phi) is 11.6. The summed E-state index contributed by atoms with van der Waals surface area (Å²) in [5.74, 6) is -0.671. The van der Waals surface area contributed by atoms with Crippen LogP contribution in [0.2, 0.25) is 0 Å². The molecular formula is C19H17N4O11Y-. The molecule has 0 atom stereocenters. The number of amides is 3. The van der Waals surface area contributed by atoms with E-state index < -0.39 is 42.3 Å². The Balaban J connectivity index is 0.000000780. The first-order valence-corrected chi connectivity index (χ1v) is 9.08. The number of nitrogens with zero attached hydrogens (tertiary/aromatic N) is 4. The summed E-state index contributed by atoms with van der Waals surface area (Å²) in [5, 5.41) is 31.6. The van der Waals surface area contributed by atoms with E-state index in [9.17, 15) is 29.3 Å². The van der Waals surface area contributed by atoms with Gasteiger partial charge in [0.25, 0.3) is 17.6 Å². The number of hydrogen-bond acceptors (Lipinski definition) is 11. The van der Waals surface area contributed by atoms with E-state index in [1.807, 2.05) is 0 Å². The predicted octanol–water partition coefficient (Wildman–Crippen LogP) is 1.42. The van der Waals surface area contributed by atoms with Crippen LogP contribution in [0.15, 0.2) is 45.9 Å². The van der Waals surface area contributed by atoms with E-state index in [1.165, 1.54) is 30.5 Å². The molecule has 35 heavy (non-hydrogen) atoms. The molecule has 0 bridgehead atoms. The number of urea groups is 1. The molecule has 0 spiro atoms.